The predicted molar refractivity (Wildman–Crippen MR) is 78.0 cm³/mol. The van der Waals surface area contributed by atoms with Crippen LogP contribution in [-0.4, -0.2) is 15.7 Å². The zero-order valence-corrected chi connectivity index (χ0v) is 11.9. The smallest absolute Gasteiger partial charge is 0.245 e. The van der Waals surface area contributed by atoms with Gasteiger partial charge in [-0.05, 0) is 12.1 Å². The number of halogens is 2. The van der Waals surface area contributed by atoms with Gasteiger partial charge in [-0.3, -0.25) is 4.79 Å². The van der Waals surface area contributed by atoms with Crippen LogP contribution in [0.4, 0.5) is 23.0 Å². The van der Waals surface area contributed by atoms with Crippen LogP contribution in [0.1, 0.15) is 11.7 Å². The van der Waals surface area contributed by atoms with Gasteiger partial charge in [0, 0.05) is 6.92 Å². The maximum Gasteiger partial charge on any atom is 0.245 e. The summed E-state index contributed by atoms with van der Waals surface area (Å²) in [6.07, 6.45) is 0. The second-order valence-corrected chi connectivity index (χ2v) is 4.61. The molecule has 0 fully saturated rings. The minimum atomic E-state index is -0.378. The summed E-state index contributed by atoms with van der Waals surface area (Å²) >= 11 is 11.8. The van der Waals surface area contributed by atoms with Gasteiger partial charge in [-0.2, -0.15) is 4.68 Å². The Hall–Kier alpha value is -2.12. The first-order chi connectivity index (χ1) is 9.41. The van der Waals surface area contributed by atoms with Crippen molar-refractivity contribution >= 4 is 52.1 Å². The number of anilines is 2. The third-order valence-electron chi connectivity index (χ3n) is 2.41. The van der Waals surface area contributed by atoms with E-state index in [1.54, 1.807) is 18.2 Å². The summed E-state index contributed by atoms with van der Waals surface area (Å²) in [5, 5.41) is 12.2. The lowest BCUT2D eigenvalue weighted by Crippen LogP contribution is -2.10. The van der Waals surface area contributed by atoms with Crippen LogP contribution in [0.15, 0.2) is 28.4 Å². The molecule has 9 heteroatoms. The van der Waals surface area contributed by atoms with Gasteiger partial charge in [0.15, 0.2) is 17.3 Å². The molecule has 20 heavy (non-hydrogen) atoms. The average molecular weight is 313 g/mol. The Morgan fingerprint density at radius 1 is 1.30 bits per heavy atom. The molecule has 2 rings (SSSR count). The number of nitrogens with two attached hydrogens (primary N) is 2. The van der Waals surface area contributed by atoms with Gasteiger partial charge in [0.1, 0.15) is 5.69 Å². The molecule has 4 N–H and O–H groups in total. The molecule has 0 saturated carbocycles. The van der Waals surface area contributed by atoms with Crippen LogP contribution >= 0.6 is 23.2 Å². The molecule has 1 heterocycles. The van der Waals surface area contributed by atoms with Crippen molar-refractivity contribution < 1.29 is 4.79 Å². The van der Waals surface area contributed by atoms with Gasteiger partial charge in [-0.25, -0.2) is 0 Å². The first-order valence-electron chi connectivity index (χ1n) is 5.42. The number of nitrogens with zero attached hydrogens (tertiary/aromatic N) is 4. The molecule has 1 aromatic carbocycles. The Morgan fingerprint density at radius 3 is 2.60 bits per heavy atom. The van der Waals surface area contributed by atoms with Crippen molar-refractivity contribution in [2.75, 3.05) is 11.5 Å². The molecule has 0 saturated heterocycles. The van der Waals surface area contributed by atoms with Crippen molar-refractivity contribution in [2.24, 2.45) is 10.2 Å². The van der Waals surface area contributed by atoms with E-state index in [2.05, 4.69) is 15.3 Å². The molecule has 0 spiro atoms. The van der Waals surface area contributed by atoms with Crippen LogP contribution in [0.25, 0.3) is 0 Å². The minimum Gasteiger partial charge on any atom is -0.382 e. The van der Waals surface area contributed by atoms with E-state index in [4.69, 9.17) is 34.7 Å². The minimum absolute atomic E-state index is 0.000370. The van der Waals surface area contributed by atoms with Crippen LogP contribution in [-0.2, 0) is 0 Å². The number of hydrogen-bond acceptors (Lipinski definition) is 6. The molecular formula is C11H10Cl2N6O. The van der Waals surface area contributed by atoms with Crippen molar-refractivity contribution in [3.8, 4) is 0 Å². The zero-order chi connectivity index (χ0) is 14.9. The van der Waals surface area contributed by atoms with Crippen LogP contribution in [0.5, 0.6) is 0 Å². The number of rotatable bonds is 2. The van der Waals surface area contributed by atoms with Gasteiger partial charge in [-0.15, -0.1) is 15.3 Å². The van der Waals surface area contributed by atoms with E-state index in [1.807, 2.05) is 0 Å². The number of azo groups is 1. The fourth-order valence-corrected chi connectivity index (χ4v) is 1.79. The third-order valence-corrected chi connectivity index (χ3v) is 3.22. The summed E-state index contributed by atoms with van der Waals surface area (Å²) in [5.74, 6) is -0.368. The summed E-state index contributed by atoms with van der Waals surface area (Å²) in [6, 6.07) is 4.92. The van der Waals surface area contributed by atoms with Crippen molar-refractivity contribution in [1.82, 2.24) is 9.78 Å². The van der Waals surface area contributed by atoms with E-state index in [1.165, 1.54) is 6.92 Å². The molecule has 2 aromatic rings. The Kier molecular flexibility index (Phi) is 3.91. The molecule has 0 aliphatic heterocycles. The average Bonchev–Trinajstić information content (AvgIpc) is 2.67. The summed E-state index contributed by atoms with van der Waals surface area (Å²) in [6.45, 7) is 1.30. The van der Waals surface area contributed by atoms with E-state index in [0.29, 0.717) is 10.7 Å². The largest absolute Gasteiger partial charge is 0.382 e. The van der Waals surface area contributed by atoms with E-state index >= 15 is 0 Å². The molecule has 0 radical (unpaired) electrons. The van der Waals surface area contributed by atoms with Crippen LogP contribution in [0, 0.1) is 0 Å². The number of carbonyl (C=O) groups is 1. The van der Waals surface area contributed by atoms with Crippen molar-refractivity contribution in [3.05, 3.63) is 28.2 Å². The van der Waals surface area contributed by atoms with Gasteiger partial charge in [0.05, 0.1) is 10.0 Å². The molecular weight excluding hydrogens is 303 g/mol. The number of aromatic nitrogens is 2. The van der Waals surface area contributed by atoms with Crippen molar-refractivity contribution in [2.45, 2.75) is 6.92 Å². The predicted octanol–water partition coefficient (Wildman–Crippen LogP) is 3.43. The van der Waals surface area contributed by atoms with Gasteiger partial charge in [0.2, 0.25) is 5.91 Å². The quantitative estimate of drug-likeness (QED) is 0.827. The van der Waals surface area contributed by atoms with E-state index in [9.17, 15) is 4.79 Å². The lowest BCUT2D eigenvalue weighted by Gasteiger charge is -1.99. The Morgan fingerprint density at radius 2 is 2.00 bits per heavy atom. The zero-order valence-electron chi connectivity index (χ0n) is 10.3. The standard InChI is InChI=1S/C11H10Cl2N6O/c1-5(20)19-11(15)9(10(14)18-19)17-16-7-4-2-3-6(12)8(7)13/h2-4H,15H2,1H3,(H2,14,18). The van der Waals surface area contributed by atoms with Gasteiger partial charge < -0.3 is 11.5 Å². The number of benzene rings is 1. The summed E-state index contributed by atoms with van der Waals surface area (Å²) < 4.78 is 0.948. The molecule has 1 aromatic heterocycles. The van der Waals surface area contributed by atoms with E-state index < -0.39 is 0 Å². The van der Waals surface area contributed by atoms with Crippen LogP contribution in [0.3, 0.4) is 0 Å². The van der Waals surface area contributed by atoms with Gasteiger partial charge in [-0.1, -0.05) is 29.3 Å². The highest BCUT2D eigenvalue weighted by molar-refractivity contribution is 6.43. The first kappa shape index (κ1) is 14.3. The molecule has 0 unspecified atom stereocenters. The topological polar surface area (TPSA) is 112 Å². The molecule has 0 aliphatic carbocycles. The van der Waals surface area contributed by atoms with E-state index in [-0.39, 0.29) is 28.3 Å². The number of nitrogen functional groups attached to an aromatic ring is 2. The Bertz CT molecular complexity index is 709. The second-order valence-electron chi connectivity index (χ2n) is 3.82. The highest BCUT2D eigenvalue weighted by Gasteiger charge is 2.15. The summed E-state index contributed by atoms with van der Waals surface area (Å²) in [5.41, 5.74) is 11.8. The normalized spacial score (nSPS) is 11.2. The fourth-order valence-electron chi connectivity index (χ4n) is 1.46. The number of hydrogen-bond donors (Lipinski definition) is 2. The third kappa shape index (κ3) is 2.59. The first-order valence-corrected chi connectivity index (χ1v) is 6.18. The summed E-state index contributed by atoms with van der Waals surface area (Å²) in [4.78, 5) is 11.3. The SMILES string of the molecule is CC(=O)n1nc(N)c(N=Nc2cccc(Cl)c2Cl)c1N. The highest BCUT2D eigenvalue weighted by Crippen LogP contribution is 2.35. The molecule has 0 amide bonds. The monoisotopic (exact) mass is 312 g/mol. The maximum atomic E-state index is 11.3. The Labute approximate surface area is 124 Å². The maximum absolute atomic E-state index is 11.3. The highest BCUT2D eigenvalue weighted by atomic mass is 35.5. The van der Waals surface area contributed by atoms with Crippen molar-refractivity contribution in [3.63, 3.8) is 0 Å². The molecule has 0 bridgehead atoms. The molecule has 0 atom stereocenters. The lowest BCUT2D eigenvalue weighted by atomic mass is 10.3. The number of carbonyl (C=O) groups excluding carboxylic acids is 1. The molecule has 0 aliphatic rings. The van der Waals surface area contributed by atoms with Gasteiger partial charge in [0.25, 0.3) is 0 Å². The molecule has 104 valence electrons. The molecule has 7 nitrogen and oxygen atoms in total. The fraction of sp³-hybridized carbons (Fsp3) is 0.0909. The Balaban J connectivity index is 2.42. The van der Waals surface area contributed by atoms with Crippen molar-refractivity contribution in [1.29, 1.82) is 0 Å². The lowest BCUT2D eigenvalue weighted by molar-refractivity contribution is 0.0924. The van der Waals surface area contributed by atoms with Crippen LogP contribution in [0.2, 0.25) is 10.0 Å². The van der Waals surface area contributed by atoms with Gasteiger partial charge >= 0.3 is 0 Å². The van der Waals surface area contributed by atoms with E-state index in [0.717, 1.165) is 4.68 Å². The second kappa shape index (κ2) is 5.48. The summed E-state index contributed by atoms with van der Waals surface area (Å²) in [7, 11) is 0. The van der Waals surface area contributed by atoms with Crippen LogP contribution < -0.4 is 11.5 Å².